The summed E-state index contributed by atoms with van der Waals surface area (Å²) in [5.41, 5.74) is 0.727. The summed E-state index contributed by atoms with van der Waals surface area (Å²) in [6.45, 7) is 0.586. The Kier molecular flexibility index (Phi) is 9.78. The first-order valence-corrected chi connectivity index (χ1v) is 9.21. The van der Waals surface area contributed by atoms with E-state index in [2.05, 4.69) is 12.8 Å². The van der Waals surface area contributed by atoms with Gasteiger partial charge in [-0.3, -0.25) is 4.79 Å². The normalized spacial score (nSPS) is 17.2. The van der Waals surface area contributed by atoms with Gasteiger partial charge in [0, 0.05) is 29.4 Å². The molecule has 2 aliphatic rings. The zero-order valence-electron chi connectivity index (χ0n) is 14.9. The molecule has 1 aromatic carbocycles. The molecule has 1 heterocycles. The number of hydrogen-bond donors (Lipinski definition) is 0. The molecule has 1 aromatic heterocycles. The summed E-state index contributed by atoms with van der Waals surface area (Å²) >= 11 is 1.53. The number of benzene rings is 1. The summed E-state index contributed by atoms with van der Waals surface area (Å²) in [6.07, 6.45) is 16.1. The molecule has 0 atom stereocenters. The van der Waals surface area contributed by atoms with Gasteiger partial charge in [0.25, 0.3) is 0 Å². The van der Waals surface area contributed by atoms with Crippen molar-refractivity contribution in [1.29, 1.82) is 0 Å². The van der Waals surface area contributed by atoms with E-state index in [9.17, 15) is 4.79 Å². The molecule has 0 bridgehead atoms. The first-order valence-electron chi connectivity index (χ1n) is 8.39. The van der Waals surface area contributed by atoms with Crippen LogP contribution in [0.2, 0.25) is 0 Å². The van der Waals surface area contributed by atoms with Crippen LogP contribution in [0, 0.1) is 63.2 Å². The Morgan fingerprint density at radius 3 is 2.19 bits per heavy atom. The monoisotopic (exact) mass is 416 g/mol. The van der Waals surface area contributed by atoms with Crippen LogP contribution in [0.4, 0.5) is 0 Å². The van der Waals surface area contributed by atoms with E-state index < -0.39 is 0 Å². The number of thiophene rings is 1. The van der Waals surface area contributed by atoms with Crippen LogP contribution in [0.25, 0.3) is 0 Å². The van der Waals surface area contributed by atoms with Crippen molar-refractivity contribution in [3.05, 3.63) is 121 Å². The Bertz CT molecular complexity index is 671. The maximum Gasteiger partial charge on any atom is 2.00 e. The van der Waals surface area contributed by atoms with E-state index in [1.807, 2.05) is 81.0 Å². The fourth-order valence-electron chi connectivity index (χ4n) is 2.64. The van der Waals surface area contributed by atoms with E-state index in [1.54, 1.807) is 7.11 Å². The van der Waals surface area contributed by atoms with Crippen molar-refractivity contribution in [2.24, 2.45) is 0 Å². The Labute approximate surface area is 178 Å². The number of rotatable bonds is 5. The molecule has 2 saturated carbocycles. The van der Waals surface area contributed by atoms with Gasteiger partial charge in [0.05, 0.1) is 11.5 Å². The molecule has 4 rings (SSSR count). The second kappa shape index (κ2) is 11.8. The number of hydrogen-bond acceptors (Lipinski definition) is 3. The Balaban J connectivity index is 0.000000379. The minimum Gasteiger partial charge on any atom is -0.384 e. The molecule has 2 aromatic rings. The van der Waals surface area contributed by atoms with Crippen molar-refractivity contribution in [3.63, 3.8) is 0 Å². The van der Waals surface area contributed by atoms with E-state index in [0.717, 1.165) is 27.2 Å². The quantitative estimate of drug-likeness (QED) is 0.519. The summed E-state index contributed by atoms with van der Waals surface area (Å²) in [5.74, 6) is 2.37. The standard InChI is InChI=1S/C18H15O2S.C5H5.Fe/c1-20-12-14-8-5-9-15(14)16-10-11-17(21-16)18(19)13-6-3-2-4-7-13;1-2-4-5-3-1;/h2-11H,12H2,1H3;1-5H;/q;;+2. The molecular formula is C23H20FeO2S+2. The van der Waals surface area contributed by atoms with Crippen LogP contribution in [-0.4, -0.2) is 19.5 Å². The molecule has 2 aliphatic carbocycles. The average Bonchev–Trinajstić information content (AvgIpc) is 3.44. The number of methoxy groups -OCH3 is 1. The molecule has 0 saturated heterocycles. The summed E-state index contributed by atoms with van der Waals surface area (Å²) < 4.78 is 5.21. The van der Waals surface area contributed by atoms with E-state index in [4.69, 9.17) is 4.74 Å². The van der Waals surface area contributed by atoms with Gasteiger partial charge >= 0.3 is 17.1 Å². The molecule has 0 aliphatic heterocycles. The molecule has 10 radical (unpaired) electrons. The zero-order chi connectivity index (χ0) is 18.2. The molecule has 136 valence electrons. The molecular weight excluding hydrogens is 396 g/mol. The summed E-state index contributed by atoms with van der Waals surface area (Å²) in [4.78, 5) is 14.3. The molecule has 0 amide bonds. The van der Waals surface area contributed by atoms with Crippen molar-refractivity contribution in [2.75, 3.05) is 13.7 Å². The third-order valence-corrected chi connectivity index (χ3v) is 5.01. The van der Waals surface area contributed by atoms with Crippen molar-refractivity contribution in [2.45, 2.75) is 0 Å². The maximum absolute atomic E-state index is 12.4. The van der Waals surface area contributed by atoms with Crippen LogP contribution in [0.1, 0.15) is 20.1 Å². The van der Waals surface area contributed by atoms with Crippen molar-refractivity contribution >= 4 is 17.1 Å². The SMILES string of the molecule is COC[C]1[CH][CH][CH][C]1c1ccc(C(=O)c2ccccc2)s1.[CH]1[CH][CH][CH][CH]1.[Fe+2]. The number of carbonyl (C=O) groups excluding carboxylic acids is 1. The first-order chi connectivity index (χ1) is 12.8. The van der Waals surface area contributed by atoms with Gasteiger partial charge in [-0.2, -0.15) is 0 Å². The molecule has 0 unspecified atom stereocenters. The molecule has 27 heavy (non-hydrogen) atoms. The van der Waals surface area contributed by atoms with Crippen molar-refractivity contribution < 1.29 is 26.6 Å². The molecule has 0 N–H and O–H groups in total. The summed E-state index contributed by atoms with van der Waals surface area (Å²) in [7, 11) is 1.69. The number of ketones is 1. The Morgan fingerprint density at radius 1 is 0.889 bits per heavy atom. The Morgan fingerprint density at radius 2 is 1.56 bits per heavy atom. The largest absolute Gasteiger partial charge is 2.00 e. The first kappa shape index (κ1) is 22.4. The molecule has 0 spiro atoms. The van der Waals surface area contributed by atoms with Crippen LogP contribution in [0.3, 0.4) is 0 Å². The third-order valence-electron chi connectivity index (χ3n) is 3.89. The fourth-order valence-corrected chi connectivity index (χ4v) is 3.66. The van der Waals surface area contributed by atoms with Crippen molar-refractivity contribution in [1.82, 2.24) is 0 Å². The van der Waals surface area contributed by atoms with Gasteiger partial charge in [0.2, 0.25) is 5.78 Å². The number of ether oxygens (including phenoxy) is 1. The van der Waals surface area contributed by atoms with Crippen LogP contribution in [-0.2, 0) is 21.8 Å². The van der Waals surface area contributed by atoms with Gasteiger partial charge in [-0.25, -0.2) is 0 Å². The second-order valence-corrected chi connectivity index (χ2v) is 6.80. The predicted octanol–water partition coefficient (Wildman–Crippen LogP) is 4.77. The minimum absolute atomic E-state index is 0. The summed E-state index contributed by atoms with van der Waals surface area (Å²) in [5, 5.41) is 0. The second-order valence-electron chi connectivity index (χ2n) is 5.72. The average molecular weight is 416 g/mol. The summed E-state index contributed by atoms with van der Waals surface area (Å²) in [6, 6.07) is 13.3. The van der Waals surface area contributed by atoms with E-state index in [1.165, 1.54) is 11.3 Å². The minimum atomic E-state index is 0. The third kappa shape index (κ3) is 6.29. The van der Waals surface area contributed by atoms with E-state index in [-0.39, 0.29) is 22.9 Å². The molecule has 4 heteroatoms. The molecule has 2 fully saturated rings. The van der Waals surface area contributed by atoms with Gasteiger partial charge in [0.1, 0.15) is 0 Å². The van der Waals surface area contributed by atoms with E-state index >= 15 is 0 Å². The molecule has 2 nitrogen and oxygen atoms in total. The van der Waals surface area contributed by atoms with Crippen LogP contribution in [0.5, 0.6) is 0 Å². The van der Waals surface area contributed by atoms with Crippen LogP contribution >= 0.6 is 11.3 Å². The van der Waals surface area contributed by atoms with Gasteiger partial charge in [0.15, 0.2) is 0 Å². The van der Waals surface area contributed by atoms with Gasteiger partial charge in [-0.15, -0.1) is 11.3 Å². The zero-order valence-corrected chi connectivity index (χ0v) is 16.9. The maximum atomic E-state index is 12.4. The smallest absolute Gasteiger partial charge is 0.384 e. The van der Waals surface area contributed by atoms with Gasteiger partial charge < -0.3 is 4.74 Å². The predicted molar refractivity (Wildman–Crippen MR) is 106 cm³/mol. The fraction of sp³-hybridized carbons (Fsp3) is 0.0870. The number of carbonyl (C=O) groups is 1. The van der Waals surface area contributed by atoms with Gasteiger partial charge in [-0.05, 0) is 63.5 Å². The van der Waals surface area contributed by atoms with Crippen LogP contribution < -0.4 is 0 Å². The van der Waals surface area contributed by atoms with Crippen molar-refractivity contribution in [3.8, 4) is 0 Å². The van der Waals surface area contributed by atoms with Crippen LogP contribution in [0.15, 0.2) is 42.5 Å². The van der Waals surface area contributed by atoms with E-state index in [0.29, 0.717) is 6.61 Å². The topological polar surface area (TPSA) is 26.3 Å². The Hall–Kier alpha value is -0.931. The van der Waals surface area contributed by atoms with Gasteiger partial charge in [-0.1, -0.05) is 30.3 Å².